The van der Waals surface area contributed by atoms with Crippen LogP contribution in [0.3, 0.4) is 0 Å². The van der Waals surface area contributed by atoms with E-state index in [9.17, 15) is 40.5 Å². The van der Waals surface area contributed by atoms with Gasteiger partial charge in [-0.05, 0) is 44.9 Å². The van der Waals surface area contributed by atoms with Crippen molar-refractivity contribution in [1.29, 1.82) is 0 Å². The lowest BCUT2D eigenvalue weighted by atomic mass is 9.98. The van der Waals surface area contributed by atoms with E-state index in [2.05, 4.69) is 38.2 Å². The molecule has 0 spiro atoms. The molecule has 0 aliphatic carbocycles. The van der Waals surface area contributed by atoms with Gasteiger partial charge in [-0.25, -0.2) is 0 Å². The Kier molecular flexibility index (Phi) is 49.4. The highest BCUT2D eigenvalue weighted by Gasteiger charge is 2.47. The van der Waals surface area contributed by atoms with Crippen LogP contribution in [0, 0.1) is 0 Å². The number of aliphatic hydroxyl groups excluding tert-OH is 7. The number of aliphatic hydroxyl groups is 7. The summed E-state index contributed by atoms with van der Waals surface area (Å²) in [4.78, 5) is 13.1. The number of hydrogen-bond donors (Lipinski definition) is 7. The first-order valence-corrected chi connectivity index (χ1v) is 33.4. The Balaban J connectivity index is 1.64. The molecule has 2 aliphatic heterocycles. The molecule has 0 radical (unpaired) electrons. The Hall–Kier alpha value is -1.53. The van der Waals surface area contributed by atoms with Crippen molar-refractivity contribution in [2.24, 2.45) is 0 Å². The van der Waals surface area contributed by atoms with Crippen molar-refractivity contribution in [3.8, 4) is 0 Å². The summed E-state index contributed by atoms with van der Waals surface area (Å²) in [6.07, 6.45) is 46.8. The summed E-state index contributed by atoms with van der Waals surface area (Å²) in [5, 5.41) is 72.5. The molecule has 14 heteroatoms. The monoisotopic (exact) mass is 1140 g/mol. The molecule has 0 amide bonds. The van der Waals surface area contributed by atoms with Crippen molar-refractivity contribution in [3.05, 3.63) is 24.3 Å². The average molecular weight is 1140 g/mol. The van der Waals surface area contributed by atoms with Crippen LogP contribution in [0.2, 0.25) is 0 Å². The van der Waals surface area contributed by atoms with Gasteiger partial charge < -0.3 is 64.2 Å². The van der Waals surface area contributed by atoms with Gasteiger partial charge in [0, 0.05) is 13.0 Å². The number of hydrogen-bond acceptors (Lipinski definition) is 14. The SMILES string of the molecule is CCCCCCC/C=C\C/C=C\CCCCCCCCCCCCCCCCOCC(COC1OC(COC2OC(CO)C(O)C(O)C2O)C(O)C(O)C1O)OC(=O)CCCCCCCCCCCCCCCCCCCCCC. The predicted molar refractivity (Wildman–Crippen MR) is 321 cm³/mol. The van der Waals surface area contributed by atoms with E-state index in [0.717, 1.165) is 44.9 Å². The van der Waals surface area contributed by atoms with Gasteiger partial charge in [0.1, 0.15) is 54.9 Å². The number of allylic oxidation sites excluding steroid dienone is 4. The largest absolute Gasteiger partial charge is 0.457 e. The number of esters is 1. The standard InChI is InChI=1S/C66H124O14/c1-3-5-7-9-11-13-15-17-19-21-23-25-26-27-28-29-30-32-34-36-38-40-42-44-46-48-50-75-52-55(78-58(68)49-47-45-43-41-39-37-35-33-31-24-22-20-18-16-14-12-10-8-6-4-2)53-76-65-64(74)62(72)60(70)57(80-65)54-77-66-63(73)61(71)59(69)56(51-67)79-66/h15,17,21,23,55-57,59-67,69-74H,3-14,16,18-20,22,24-54H2,1-2H3/b17-15-,23-21-. The molecule has 2 rings (SSSR count). The zero-order valence-electron chi connectivity index (χ0n) is 51.1. The van der Waals surface area contributed by atoms with Crippen molar-refractivity contribution in [2.45, 2.75) is 357 Å². The number of carbonyl (C=O) groups is 1. The molecule has 2 saturated heterocycles. The quantitative estimate of drug-likeness (QED) is 0.0171. The van der Waals surface area contributed by atoms with E-state index in [-0.39, 0.29) is 25.6 Å². The maximum absolute atomic E-state index is 13.1. The molecule has 0 bridgehead atoms. The second-order valence-electron chi connectivity index (χ2n) is 23.7. The summed E-state index contributed by atoms with van der Waals surface area (Å²) in [6, 6.07) is 0. The summed E-state index contributed by atoms with van der Waals surface area (Å²) >= 11 is 0. The van der Waals surface area contributed by atoms with Crippen molar-refractivity contribution >= 4 is 5.97 Å². The Morgan fingerprint density at radius 3 is 1.20 bits per heavy atom. The second-order valence-corrected chi connectivity index (χ2v) is 23.7. The molecular formula is C66H124O14. The smallest absolute Gasteiger partial charge is 0.306 e. The van der Waals surface area contributed by atoms with Crippen LogP contribution in [0.4, 0.5) is 0 Å². The van der Waals surface area contributed by atoms with E-state index in [1.165, 1.54) is 218 Å². The topological polar surface area (TPSA) is 214 Å². The van der Waals surface area contributed by atoms with Crippen molar-refractivity contribution in [2.75, 3.05) is 33.0 Å². The van der Waals surface area contributed by atoms with Gasteiger partial charge >= 0.3 is 5.97 Å². The summed E-state index contributed by atoms with van der Waals surface area (Å²) in [5.74, 6) is -0.368. The zero-order valence-corrected chi connectivity index (χ0v) is 51.1. The first kappa shape index (κ1) is 74.6. The summed E-state index contributed by atoms with van der Waals surface area (Å²) in [6.45, 7) is 3.75. The lowest BCUT2D eigenvalue weighted by molar-refractivity contribution is -0.332. The predicted octanol–water partition coefficient (Wildman–Crippen LogP) is 13.5. The summed E-state index contributed by atoms with van der Waals surface area (Å²) in [7, 11) is 0. The molecule has 2 heterocycles. The highest BCUT2D eigenvalue weighted by molar-refractivity contribution is 5.69. The highest BCUT2D eigenvalue weighted by Crippen LogP contribution is 2.27. The first-order chi connectivity index (χ1) is 39.1. The van der Waals surface area contributed by atoms with Crippen LogP contribution in [0.25, 0.3) is 0 Å². The summed E-state index contributed by atoms with van der Waals surface area (Å²) < 4.78 is 34.5. The van der Waals surface area contributed by atoms with E-state index >= 15 is 0 Å². The normalized spacial score (nSPS) is 23.9. The lowest BCUT2D eigenvalue weighted by Crippen LogP contribution is -2.61. The molecule has 14 nitrogen and oxygen atoms in total. The van der Waals surface area contributed by atoms with Gasteiger partial charge in [0.15, 0.2) is 12.6 Å². The van der Waals surface area contributed by atoms with Gasteiger partial charge in [0.25, 0.3) is 0 Å². The Morgan fingerprint density at radius 1 is 0.412 bits per heavy atom. The molecule has 2 fully saturated rings. The molecule has 80 heavy (non-hydrogen) atoms. The second kappa shape index (κ2) is 53.0. The van der Waals surface area contributed by atoms with Crippen LogP contribution in [-0.4, -0.2) is 142 Å². The highest BCUT2D eigenvalue weighted by atomic mass is 16.7. The van der Waals surface area contributed by atoms with Gasteiger partial charge in [-0.2, -0.15) is 0 Å². The van der Waals surface area contributed by atoms with E-state index in [1.54, 1.807) is 0 Å². The zero-order chi connectivity index (χ0) is 57.9. The minimum atomic E-state index is -1.70. The van der Waals surface area contributed by atoms with Crippen LogP contribution in [0.1, 0.15) is 290 Å². The van der Waals surface area contributed by atoms with Gasteiger partial charge in [0.2, 0.25) is 0 Å². The van der Waals surface area contributed by atoms with Crippen LogP contribution >= 0.6 is 0 Å². The Bertz CT molecular complexity index is 1420. The Morgan fingerprint density at radius 2 is 0.775 bits per heavy atom. The fraction of sp³-hybridized carbons (Fsp3) is 0.924. The maximum Gasteiger partial charge on any atom is 0.306 e. The first-order valence-electron chi connectivity index (χ1n) is 33.4. The van der Waals surface area contributed by atoms with Crippen LogP contribution in [0.5, 0.6) is 0 Å². The van der Waals surface area contributed by atoms with Crippen molar-refractivity contribution < 1.29 is 69.0 Å². The summed E-state index contributed by atoms with van der Waals surface area (Å²) in [5.41, 5.74) is 0. The van der Waals surface area contributed by atoms with Gasteiger partial charge in [-0.3, -0.25) is 4.79 Å². The Labute approximate surface area is 487 Å². The molecule has 0 aromatic carbocycles. The number of ether oxygens (including phenoxy) is 6. The molecular weight excluding hydrogens is 1020 g/mol. The third kappa shape index (κ3) is 38.4. The van der Waals surface area contributed by atoms with E-state index in [1.807, 2.05) is 0 Å². The minimum Gasteiger partial charge on any atom is -0.457 e. The van der Waals surface area contributed by atoms with Crippen molar-refractivity contribution in [1.82, 2.24) is 0 Å². The molecule has 472 valence electrons. The number of carbonyl (C=O) groups excluding carboxylic acids is 1. The fourth-order valence-corrected chi connectivity index (χ4v) is 10.8. The van der Waals surface area contributed by atoms with E-state index in [4.69, 9.17) is 28.4 Å². The third-order valence-electron chi connectivity index (χ3n) is 16.2. The minimum absolute atomic E-state index is 0.0669. The van der Waals surface area contributed by atoms with Gasteiger partial charge in [-0.1, -0.05) is 263 Å². The molecule has 0 aromatic heterocycles. The average Bonchev–Trinajstić information content (AvgIpc) is 3.52. The van der Waals surface area contributed by atoms with E-state index < -0.39 is 80.7 Å². The maximum atomic E-state index is 13.1. The van der Waals surface area contributed by atoms with Gasteiger partial charge in [0.05, 0.1) is 26.4 Å². The van der Waals surface area contributed by atoms with Crippen LogP contribution in [0.15, 0.2) is 24.3 Å². The third-order valence-corrected chi connectivity index (χ3v) is 16.2. The molecule has 11 unspecified atom stereocenters. The molecule has 2 aliphatic rings. The number of rotatable bonds is 56. The lowest BCUT2D eigenvalue weighted by Gasteiger charge is -2.42. The van der Waals surface area contributed by atoms with Gasteiger partial charge in [-0.15, -0.1) is 0 Å². The fourth-order valence-electron chi connectivity index (χ4n) is 10.8. The van der Waals surface area contributed by atoms with E-state index in [0.29, 0.717) is 13.0 Å². The van der Waals surface area contributed by atoms with Crippen molar-refractivity contribution in [3.63, 3.8) is 0 Å². The van der Waals surface area contributed by atoms with Crippen LogP contribution < -0.4 is 0 Å². The molecule has 0 saturated carbocycles. The molecule has 11 atom stereocenters. The van der Waals surface area contributed by atoms with Crippen LogP contribution in [-0.2, 0) is 33.2 Å². The molecule has 7 N–H and O–H groups in total. The number of unbranched alkanes of at least 4 members (excludes halogenated alkanes) is 38. The molecule has 0 aromatic rings.